The average molecular weight is 268 g/mol. The van der Waals surface area contributed by atoms with E-state index in [9.17, 15) is 8.78 Å². The van der Waals surface area contributed by atoms with Crippen molar-refractivity contribution in [2.75, 3.05) is 0 Å². The predicted molar refractivity (Wildman–Crippen MR) is 53.2 cm³/mol. The molecule has 1 heterocycles. The van der Waals surface area contributed by atoms with Gasteiger partial charge in [0, 0.05) is 6.54 Å². The smallest absolute Gasteiger partial charge is 0.259 e. The van der Waals surface area contributed by atoms with Gasteiger partial charge in [-0.25, -0.2) is 8.78 Å². The monoisotopic (exact) mass is 267 g/mol. The summed E-state index contributed by atoms with van der Waals surface area (Å²) in [7, 11) is 0. The lowest BCUT2D eigenvalue weighted by atomic mass is 10.2. The number of alkyl halides is 2. The van der Waals surface area contributed by atoms with E-state index in [4.69, 9.17) is 5.73 Å². The molecule has 14 heavy (non-hydrogen) atoms. The summed E-state index contributed by atoms with van der Waals surface area (Å²) in [5.74, 6) is 0. The molecule has 80 valence electrons. The third kappa shape index (κ3) is 2.30. The number of halogens is 3. The first-order valence-electron chi connectivity index (χ1n) is 4.32. The third-order valence-corrected chi connectivity index (χ3v) is 2.47. The number of hydrogen-bond acceptors (Lipinski definition) is 2. The molecule has 1 atom stereocenters. The maximum Gasteiger partial charge on any atom is 0.259 e. The second-order valence-electron chi connectivity index (χ2n) is 2.96. The lowest BCUT2D eigenvalue weighted by Crippen LogP contribution is -2.23. The van der Waals surface area contributed by atoms with Crippen LogP contribution in [0.5, 0.6) is 0 Å². The summed E-state index contributed by atoms with van der Waals surface area (Å²) in [6.07, 6.45) is -0.247. The van der Waals surface area contributed by atoms with E-state index in [-0.39, 0.29) is 0 Å². The molecule has 0 spiro atoms. The number of aromatic nitrogens is 2. The molecule has 0 bridgehead atoms. The number of aryl methyl sites for hydroxylation is 1. The molecule has 1 aromatic heterocycles. The molecule has 1 rings (SSSR count). The minimum absolute atomic E-state index is 0.363. The van der Waals surface area contributed by atoms with Gasteiger partial charge < -0.3 is 5.73 Å². The molecule has 0 aliphatic carbocycles. The molecule has 1 aromatic rings. The topological polar surface area (TPSA) is 43.8 Å². The molecular formula is C8H12BrF2N3. The Morgan fingerprint density at radius 2 is 2.29 bits per heavy atom. The zero-order valence-corrected chi connectivity index (χ0v) is 9.34. The van der Waals surface area contributed by atoms with Crippen molar-refractivity contribution in [3.63, 3.8) is 0 Å². The Labute approximate surface area is 89.4 Å². The van der Waals surface area contributed by atoms with E-state index in [1.165, 1.54) is 10.9 Å². The van der Waals surface area contributed by atoms with Gasteiger partial charge in [0.15, 0.2) is 0 Å². The van der Waals surface area contributed by atoms with E-state index in [2.05, 4.69) is 21.0 Å². The van der Waals surface area contributed by atoms with Crippen LogP contribution in [0.3, 0.4) is 0 Å². The van der Waals surface area contributed by atoms with Crippen LogP contribution in [0.4, 0.5) is 8.78 Å². The molecule has 0 saturated heterocycles. The fraction of sp³-hybridized carbons (Fsp3) is 0.625. The van der Waals surface area contributed by atoms with Crippen LogP contribution in [-0.2, 0) is 6.54 Å². The molecule has 0 aromatic carbocycles. The number of nitrogens with two attached hydrogens (primary N) is 1. The minimum Gasteiger partial charge on any atom is -0.318 e. The fourth-order valence-electron chi connectivity index (χ4n) is 1.21. The van der Waals surface area contributed by atoms with Crippen molar-refractivity contribution in [1.29, 1.82) is 0 Å². The largest absolute Gasteiger partial charge is 0.318 e. The maximum atomic E-state index is 12.4. The third-order valence-electron chi connectivity index (χ3n) is 1.86. The Morgan fingerprint density at radius 1 is 1.64 bits per heavy atom. The summed E-state index contributed by atoms with van der Waals surface area (Å²) in [6.45, 7) is 2.55. The highest BCUT2D eigenvalue weighted by atomic mass is 79.9. The second-order valence-corrected chi connectivity index (χ2v) is 3.82. The Morgan fingerprint density at radius 3 is 2.79 bits per heavy atom. The van der Waals surface area contributed by atoms with Crippen molar-refractivity contribution in [2.45, 2.75) is 32.4 Å². The van der Waals surface area contributed by atoms with Gasteiger partial charge in [0.1, 0.15) is 6.04 Å². The first-order chi connectivity index (χ1) is 6.57. The summed E-state index contributed by atoms with van der Waals surface area (Å²) in [4.78, 5) is 0. The van der Waals surface area contributed by atoms with Crippen LogP contribution in [0.1, 0.15) is 25.1 Å². The van der Waals surface area contributed by atoms with Gasteiger partial charge in [-0.2, -0.15) is 5.10 Å². The molecule has 3 nitrogen and oxygen atoms in total. The van der Waals surface area contributed by atoms with Crippen LogP contribution >= 0.6 is 15.9 Å². The highest BCUT2D eigenvalue weighted by molar-refractivity contribution is 9.10. The number of rotatable bonds is 4. The number of hydrogen-bond donors (Lipinski definition) is 1. The van der Waals surface area contributed by atoms with Gasteiger partial charge in [-0.3, -0.25) is 4.68 Å². The highest BCUT2D eigenvalue weighted by Gasteiger charge is 2.24. The summed E-state index contributed by atoms with van der Waals surface area (Å²) in [5, 5.41) is 3.97. The van der Waals surface area contributed by atoms with Gasteiger partial charge in [-0.15, -0.1) is 0 Å². The van der Waals surface area contributed by atoms with Crippen LogP contribution in [0.25, 0.3) is 0 Å². The molecule has 0 saturated carbocycles. The first-order valence-corrected chi connectivity index (χ1v) is 5.12. The van der Waals surface area contributed by atoms with E-state index in [1.807, 2.05) is 6.92 Å². The predicted octanol–water partition coefficient (Wildman–Crippen LogP) is 2.32. The molecule has 6 heteroatoms. The average Bonchev–Trinajstić information content (AvgIpc) is 2.47. The van der Waals surface area contributed by atoms with Crippen molar-refractivity contribution < 1.29 is 8.78 Å². The first kappa shape index (κ1) is 11.6. The molecule has 0 aliphatic rings. The van der Waals surface area contributed by atoms with E-state index >= 15 is 0 Å². The summed E-state index contributed by atoms with van der Waals surface area (Å²) < 4.78 is 26.9. The Bertz CT molecular complexity index is 301. The lowest BCUT2D eigenvalue weighted by Gasteiger charge is -2.13. The molecule has 0 radical (unpaired) electrons. The molecular weight excluding hydrogens is 256 g/mol. The van der Waals surface area contributed by atoms with E-state index in [0.29, 0.717) is 16.7 Å². The van der Waals surface area contributed by atoms with Crippen LogP contribution < -0.4 is 5.73 Å². The standard InChI is InChI=1S/C8H12BrF2N3/c1-2-3-14-7(5(9)4-13-14)6(12)8(10)11/h4,6,8H,2-3,12H2,1H3. The number of nitrogens with zero attached hydrogens (tertiary/aromatic N) is 2. The summed E-state index contributed by atoms with van der Waals surface area (Å²) in [6, 6.07) is -1.28. The van der Waals surface area contributed by atoms with E-state index < -0.39 is 12.5 Å². The quantitative estimate of drug-likeness (QED) is 0.910. The summed E-state index contributed by atoms with van der Waals surface area (Å²) >= 11 is 3.16. The van der Waals surface area contributed by atoms with Crippen molar-refractivity contribution in [2.24, 2.45) is 5.73 Å². The van der Waals surface area contributed by atoms with Crippen LogP contribution in [0, 0.1) is 0 Å². The molecule has 1 unspecified atom stereocenters. The SMILES string of the molecule is CCCn1ncc(Br)c1C(N)C(F)F. The van der Waals surface area contributed by atoms with Gasteiger partial charge >= 0.3 is 0 Å². The Kier molecular flexibility index (Phi) is 4.00. The highest BCUT2D eigenvalue weighted by Crippen LogP contribution is 2.25. The zero-order valence-electron chi connectivity index (χ0n) is 7.75. The van der Waals surface area contributed by atoms with E-state index in [1.54, 1.807) is 0 Å². The Balaban J connectivity index is 2.97. The van der Waals surface area contributed by atoms with E-state index in [0.717, 1.165) is 6.42 Å². The Hall–Kier alpha value is -0.490. The van der Waals surface area contributed by atoms with Crippen molar-refractivity contribution in [1.82, 2.24) is 9.78 Å². The molecule has 0 aliphatic heterocycles. The zero-order chi connectivity index (χ0) is 10.7. The second kappa shape index (κ2) is 4.84. The van der Waals surface area contributed by atoms with Gasteiger partial charge in [0.05, 0.1) is 16.4 Å². The molecule has 0 amide bonds. The van der Waals surface area contributed by atoms with Crippen LogP contribution in [-0.4, -0.2) is 16.2 Å². The summed E-state index contributed by atoms with van der Waals surface area (Å²) in [5.41, 5.74) is 5.74. The lowest BCUT2D eigenvalue weighted by molar-refractivity contribution is 0.112. The van der Waals surface area contributed by atoms with Crippen LogP contribution in [0.2, 0.25) is 0 Å². The van der Waals surface area contributed by atoms with Gasteiger partial charge in [-0.05, 0) is 22.4 Å². The van der Waals surface area contributed by atoms with Gasteiger partial charge in [0.25, 0.3) is 6.43 Å². The van der Waals surface area contributed by atoms with Crippen molar-refractivity contribution in [3.05, 3.63) is 16.4 Å². The van der Waals surface area contributed by atoms with Crippen molar-refractivity contribution in [3.8, 4) is 0 Å². The van der Waals surface area contributed by atoms with Crippen molar-refractivity contribution >= 4 is 15.9 Å². The minimum atomic E-state index is -2.57. The molecule has 0 fully saturated rings. The molecule has 2 N–H and O–H groups in total. The van der Waals surface area contributed by atoms with Gasteiger partial charge in [-0.1, -0.05) is 6.92 Å². The van der Waals surface area contributed by atoms with Crippen LogP contribution in [0.15, 0.2) is 10.7 Å². The normalized spacial score (nSPS) is 13.6. The maximum absolute atomic E-state index is 12.4. The fourth-order valence-corrected chi connectivity index (χ4v) is 1.77. The van der Waals surface area contributed by atoms with Gasteiger partial charge in [0.2, 0.25) is 0 Å².